The van der Waals surface area contributed by atoms with Crippen LogP contribution in [0.15, 0.2) is 18.2 Å². The molecule has 0 bridgehead atoms. The molecule has 0 spiro atoms. The van der Waals surface area contributed by atoms with E-state index in [4.69, 9.17) is 11.6 Å². The fourth-order valence-electron chi connectivity index (χ4n) is 2.67. The number of hydrogen-bond donors (Lipinski definition) is 1. The third kappa shape index (κ3) is 3.24. The third-order valence-corrected chi connectivity index (χ3v) is 4.63. The van der Waals surface area contributed by atoms with Crippen LogP contribution in [0.1, 0.15) is 38.7 Å². The highest BCUT2D eigenvalue weighted by Crippen LogP contribution is 2.29. The van der Waals surface area contributed by atoms with Crippen LogP contribution in [-0.4, -0.2) is 6.04 Å². The minimum atomic E-state index is -0.332. The first-order valence-electron chi connectivity index (χ1n) is 6.74. The highest BCUT2D eigenvalue weighted by Gasteiger charge is 2.24. The molecule has 1 nitrogen and oxygen atoms in total. The van der Waals surface area contributed by atoms with Gasteiger partial charge in [0.2, 0.25) is 0 Å². The topological polar surface area (TPSA) is 12.0 Å². The van der Waals surface area contributed by atoms with E-state index in [1.165, 1.54) is 25.3 Å². The van der Waals surface area contributed by atoms with Crippen molar-refractivity contribution in [3.8, 4) is 0 Å². The Bertz CT molecular complexity index is 407. The summed E-state index contributed by atoms with van der Waals surface area (Å²) >= 11 is 5.95. The molecule has 0 radical (unpaired) electrons. The van der Waals surface area contributed by atoms with Crippen LogP contribution in [0.25, 0.3) is 0 Å². The van der Waals surface area contributed by atoms with E-state index < -0.39 is 0 Å². The van der Waals surface area contributed by atoms with Crippen molar-refractivity contribution in [3.63, 3.8) is 0 Å². The number of halogens is 2. The van der Waals surface area contributed by atoms with Gasteiger partial charge in [-0.1, -0.05) is 37.6 Å². The summed E-state index contributed by atoms with van der Waals surface area (Å²) in [5.41, 5.74) is 0.850. The molecule has 0 aromatic heterocycles. The van der Waals surface area contributed by atoms with E-state index in [-0.39, 0.29) is 10.8 Å². The first-order valence-corrected chi connectivity index (χ1v) is 7.12. The largest absolute Gasteiger partial charge is 0.310 e. The lowest BCUT2D eigenvalue weighted by molar-refractivity contribution is 0.225. The number of benzene rings is 1. The first-order chi connectivity index (χ1) is 8.58. The second-order valence-corrected chi connectivity index (χ2v) is 5.94. The van der Waals surface area contributed by atoms with Crippen molar-refractivity contribution in [2.24, 2.45) is 11.8 Å². The molecule has 3 unspecified atom stereocenters. The van der Waals surface area contributed by atoms with Gasteiger partial charge in [0.1, 0.15) is 5.82 Å². The summed E-state index contributed by atoms with van der Waals surface area (Å²) in [6, 6.07) is 5.53. The van der Waals surface area contributed by atoms with Gasteiger partial charge in [-0.2, -0.15) is 0 Å². The molecule has 1 N–H and O–H groups in total. The summed E-state index contributed by atoms with van der Waals surface area (Å²) in [6.07, 6.45) is 3.68. The molecule has 1 fully saturated rings. The van der Waals surface area contributed by atoms with Crippen LogP contribution in [-0.2, 0) is 6.54 Å². The normalized spacial score (nSPS) is 28.3. The summed E-state index contributed by atoms with van der Waals surface area (Å²) in [5, 5.41) is 3.76. The zero-order valence-corrected chi connectivity index (χ0v) is 11.8. The molecular weight excluding hydrogens is 249 g/mol. The quantitative estimate of drug-likeness (QED) is 0.858. The van der Waals surface area contributed by atoms with Crippen molar-refractivity contribution in [3.05, 3.63) is 34.6 Å². The van der Waals surface area contributed by atoms with E-state index in [0.717, 1.165) is 17.4 Å². The molecule has 1 aliphatic rings. The van der Waals surface area contributed by atoms with Crippen molar-refractivity contribution in [1.29, 1.82) is 0 Å². The van der Waals surface area contributed by atoms with Crippen LogP contribution in [0.5, 0.6) is 0 Å². The lowest BCUT2D eigenvalue weighted by atomic mass is 9.79. The van der Waals surface area contributed by atoms with Gasteiger partial charge in [0, 0.05) is 12.6 Å². The van der Waals surface area contributed by atoms with E-state index in [9.17, 15) is 4.39 Å². The van der Waals surface area contributed by atoms with E-state index in [1.807, 2.05) is 6.07 Å². The number of rotatable bonds is 3. The Hall–Kier alpha value is -0.600. The second kappa shape index (κ2) is 6.03. The maximum atomic E-state index is 13.3. The van der Waals surface area contributed by atoms with Gasteiger partial charge in [0.15, 0.2) is 0 Å². The van der Waals surface area contributed by atoms with Gasteiger partial charge in [-0.3, -0.25) is 0 Å². The molecule has 0 saturated heterocycles. The van der Waals surface area contributed by atoms with Crippen molar-refractivity contribution < 1.29 is 4.39 Å². The van der Waals surface area contributed by atoms with Crippen molar-refractivity contribution in [2.75, 3.05) is 0 Å². The van der Waals surface area contributed by atoms with Crippen LogP contribution in [0.2, 0.25) is 5.02 Å². The molecule has 0 aliphatic heterocycles. The summed E-state index contributed by atoms with van der Waals surface area (Å²) < 4.78 is 13.3. The van der Waals surface area contributed by atoms with Gasteiger partial charge in [-0.15, -0.1) is 0 Å². The van der Waals surface area contributed by atoms with E-state index in [2.05, 4.69) is 19.2 Å². The molecule has 3 atom stereocenters. The first kappa shape index (κ1) is 13.8. The Kier molecular flexibility index (Phi) is 4.63. The van der Waals surface area contributed by atoms with Gasteiger partial charge >= 0.3 is 0 Å². The van der Waals surface area contributed by atoms with Gasteiger partial charge in [-0.05, 0) is 42.7 Å². The van der Waals surface area contributed by atoms with Gasteiger partial charge in [-0.25, -0.2) is 4.39 Å². The van der Waals surface area contributed by atoms with Gasteiger partial charge < -0.3 is 5.32 Å². The average Bonchev–Trinajstić information content (AvgIpc) is 2.35. The van der Waals surface area contributed by atoms with Gasteiger partial charge in [0.05, 0.1) is 5.02 Å². The predicted octanol–water partition coefficient (Wildman–Crippen LogP) is 4.39. The number of nitrogens with one attached hydrogen (secondary N) is 1. The van der Waals surface area contributed by atoms with Crippen LogP contribution >= 0.6 is 11.6 Å². The van der Waals surface area contributed by atoms with E-state index in [1.54, 1.807) is 6.07 Å². The third-order valence-electron chi connectivity index (χ3n) is 4.21. The minimum Gasteiger partial charge on any atom is -0.310 e. The Balaban J connectivity index is 1.90. The zero-order valence-electron chi connectivity index (χ0n) is 11.0. The Morgan fingerprint density at radius 1 is 1.28 bits per heavy atom. The molecule has 1 aromatic rings. The highest BCUT2D eigenvalue weighted by molar-refractivity contribution is 6.31. The fourth-order valence-corrected chi connectivity index (χ4v) is 2.87. The van der Waals surface area contributed by atoms with E-state index >= 15 is 0 Å². The van der Waals surface area contributed by atoms with E-state index in [0.29, 0.717) is 12.6 Å². The predicted molar refractivity (Wildman–Crippen MR) is 74.2 cm³/mol. The standard InChI is InChI=1S/C15H21ClFN/c1-10-6-7-13(8-11(10)2)18-9-12-4-3-5-14(17)15(12)16/h3-5,10-11,13,18H,6-9H2,1-2H3. The highest BCUT2D eigenvalue weighted by atomic mass is 35.5. The molecule has 2 rings (SSSR count). The summed E-state index contributed by atoms with van der Waals surface area (Å²) in [4.78, 5) is 0. The number of hydrogen-bond acceptors (Lipinski definition) is 1. The van der Waals surface area contributed by atoms with Crippen LogP contribution in [0.4, 0.5) is 4.39 Å². The van der Waals surface area contributed by atoms with Gasteiger partial charge in [0.25, 0.3) is 0 Å². The summed E-state index contributed by atoms with van der Waals surface area (Å²) in [6.45, 7) is 5.29. The lowest BCUT2D eigenvalue weighted by Gasteiger charge is -2.32. The molecule has 3 heteroatoms. The Morgan fingerprint density at radius 3 is 2.78 bits per heavy atom. The van der Waals surface area contributed by atoms with Crippen LogP contribution in [0.3, 0.4) is 0 Å². The van der Waals surface area contributed by atoms with Crippen molar-refractivity contribution in [2.45, 2.75) is 45.7 Å². The molecule has 1 aliphatic carbocycles. The minimum absolute atomic E-state index is 0.252. The Labute approximate surface area is 114 Å². The molecular formula is C15H21ClFN. The zero-order chi connectivity index (χ0) is 13.1. The molecule has 1 aromatic carbocycles. The van der Waals surface area contributed by atoms with Crippen molar-refractivity contribution >= 4 is 11.6 Å². The molecule has 0 amide bonds. The maximum Gasteiger partial charge on any atom is 0.142 e. The Morgan fingerprint density at radius 2 is 2.06 bits per heavy atom. The SMILES string of the molecule is CC1CCC(NCc2cccc(F)c2Cl)CC1C. The summed E-state index contributed by atoms with van der Waals surface area (Å²) in [7, 11) is 0. The smallest absolute Gasteiger partial charge is 0.142 e. The van der Waals surface area contributed by atoms with Crippen LogP contribution in [0, 0.1) is 17.7 Å². The summed E-state index contributed by atoms with van der Waals surface area (Å²) in [5.74, 6) is 1.25. The second-order valence-electron chi connectivity index (χ2n) is 5.56. The van der Waals surface area contributed by atoms with Crippen LogP contribution < -0.4 is 5.32 Å². The average molecular weight is 270 g/mol. The fraction of sp³-hybridized carbons (Fsp3) is 0.600. The monoisotopic (exact) mass is 269 g/mol. The molecule has 1 saturated carbocycles. The molecule has 0 heterocycles. The molecule has 18 heavy (non-hydrogen) atoms. The molecule has 100 valence electrons. The lowest BCUT2D eigenvalue weighted by Crippen LogP contribution is -2.35. The van der Waals surface area contributed by atoms with Crippen molar-refractivity contribution in [1.82, 2.24) is 5.32 Å². The maximum absolute atomic E-state index is 13.3.